The van der Waals surface area contributed by atoms with Crippen LogP contribution in [0.2, 0.25) is 0 Å². The Morgan fingerprint density at radius 2 is 1.72 bits per heavy atom. The maximum absolute atomic E-state index is 13.5. The van der Waals surface area contributed by atoms with Crippen LogP contribution in [-0.4, -0.2) is 36.7 Å². The molecule has 2 N–H and O–H groups in total. The van der Waals surface area contributed by atoms with Gasteiger partial charge in [0.05, 0.1) is 24.5 Å². The highest BCUT2D eigenvalue weighted by atomic mass is 16.2. The van der Waals surface area contributed by atoms with E-state index in [9.17, 15) is 14.4 Å². The summed E-state index contributed by atoms with van der Waals surface area (Å²) >= 11 is 0. The molecule has 6 heteroatoms. The highest BCUT2D eigenvalue weighted by molar-refractivity contribution is 6.12. The predicted molar refractivity (Wildman–Crippen MR) is 126 cm³/mol. The molecule has 0 saturated heterocycles. The lowest BCUT2D eigenvalue weighted by Gasteiger charge is -2.30. The van der Waals surface area contributed by atoms with E-state index in [0.717, 1.165) is 43.2 Å². The first-order valence-electron chi connectivity index (χ1n) is 11.4. The first-order valence-corrected chi connectivity index (χ1v) is 11.4. The standard InChI is InChI=1S/C26H31N3O3/c1-17-12-13-22-23(14-17)29(16-24(30)20-11-7-6-8-18(20)2)26(32)21(27)15-28(22)25(31)19-9-4-3-5-10-19/h6-8,11-14,19,21H,3-5,9-10,15-16,27H2,1-2H3. The lowest BCUT2D eigenvalue weighted by atomic mass is 9.88. The minimum Gasteiger partial charge on any atom is -0.318 e. The van der Waals surface area contributed by atoms with Gasteiger partial charge in [0.1, 0.15) is 6.04 Å². The van der Waals surface area contributed by atoms with E-state index < -0.39 is 6.04 Å². The molecule has 0 bridgehead atoms. The zero-order chi connectivity index (χ0) is 22.8. The number of hydrogen-bond acceptors (Lipinski definition) is 4. The van der Waals surface area contributed by atoms with Crippen molar-refractivity contribution in [3.05, 3.63) is 59.2 Å². The topological polar surface area (TPSA) is 83.7 Å². The average molecular weight is 434 g/mol. The van der Waals surface area contributed by atoms with Crippen molar-refractivity contribution in [3.8, 4) is 0 Å². The third-order valence-electron chi connectivity index (χ3n) is 6.64. The van der Waals surface area contributed by atoms with E-state index in [1.807, 2.05) is 50.2 Å². The van der Waals surface area contributed by atoms with Gasteiger partial charge in [-0.3, -0.25) is 14.4 Å². The molecule has 1 heterocycles. The van der Waals surface area contributed by atoms with Crippen molar-refractivity contribution in [3.63, 3.8) is 0 Å². The van der Waals surface area contributed by atoms with Gasteiger partial charge in [0.2, 0.25) is 11.8 Å². The molecule has 1 fully saturated rings. The Hall–Kier alpha value is -2.99. The van der Waals surface area contributed by atoms with Crippen LogP contribution in [0.15, 0.2) is 42.5 Å². The van der Waals surface area contributed by atoms with Crippen molar-refractivity contribution in [1.82, 2.24) is 0 Å². The zero-order valence-electron chi connectivity index (χ0n) is 18.8. The van der Waals surface area contributed by atoms with Crippen LogP contribution in [0.3, 0.4) is 0 Å². The number of benzene rings is 2. The van der Waals surface area contributed by atoms with E-state index in [0.29, 0.717) is 16.9 Å². The molecule has 1 atom stereocenters. The van der Waals surface area contributed by atoms with Gasteiger partial charge >= 0.3 is 0 Å². The number of nitrogens with zero attached hydrogens (tertiary/aromatic N) is 2. The Morgan fingerprint density at radius 3 is 2.44 bits per heavy atom. The van der Waals surface area contributed by atoms with E-state index in [1.54, 1.807) is 11.0 Å². The third kappa shape index (κ3) is 4.32. The Morgan fingerprint density at radius 1 is 1.00 bits per heavy atom. The van der Waals surface area contributed by atoms with Gasteiger partial charge in [-0.2, -0.15) is 0 Å². The van der Waals surface area contributed by atoms with E-state index >= 15 is 0 Å². The first-order chi connectivity index (χ1) is 15.4. The molecule has 2 amide bonds. The van der Waals surface area contributed by atoms with Crippen molar-refractivity contribution in [2.24, 2.45) is 11.7 Å². The lowest BCUT2D eigenvalue weighted by molar-refractivity contribution is -0.123. The average Bonchev–Trinajstić information content (AvgIpc) is 2.89. The third-order valence-corrected chi connectivity index (χ3v) is 6.64. The van der Waals surface area contributed by atoms with Crippen LogP contribution in [0.5, 0.6) is 0 Å². The number of carbonyl (C=O) groups excluding carboxylic acids is 3. The summed E-state index contributed by atoms with van der Waals surface area (Å²) in [6.07, 6.45) is 5.00. The summed E-state index contributed by atoms with van der Waals surface area (Å²) in [6.45, 7) is 3.83. The summed E-state index contributed by atoms with van der Waals surface area (Å²) in [4.78, 5) is 43.1. The molecule has 1 aliphatic heterocycles. The summed E-state index contributed by atoms with van der Waals surface area (Å²) in [7, 11) is 0. The number of rotatable bonds is 4. The van der Waals surface area contributed by atoms with Gasteiger partial charge in [-0.05, 0) is 49.9 Å². The molecule has 1 saturated carbocycles. The number of fused-ring (bicyclic) bond motifs is 1. The minimum absolute atomic E-state index is 0.0325. The van der Waals surface area contributed by atoms with Crippen molar-refractivity contribution >= 4 is 29.0 Å². The predicted octanol–water partition coefficient (Wildman–Crippen LogP) is 3.77. The van der Waals surface area contributed by atoms with Crippen LogP contribution in [0.25, 0.3) is 0 Å². The van der Waals surface area contributed by atoms with Crippen LogP contribution in [0.4, 0.5) is 11.4 Å². The Balaban J connectivity index is 1.72. The van der Waals surface area contributed by atoms with Crippen molar-refractivity contribution in [1.29, 1.82) is 0 Å². The fraction of sp³-hybridized carbons (Fsp3) is 0.423. The molecule has 1 aliphatic carbocycles. The van der Waals surface area contributed by atoms with Gasteiger partial charge in [0, 0.05) is 11.5 Å². The maximum atomic E-state index is 13.5. The fourth-order valence-electron chi connectivity index (χ4n) is 4.83. The molecule has 6 nitrogen and oxygen atoms in total. The van der Waals surface area contributed by atoms with Crippen molar-refractivity contribution in [2.75, 3.05) is 22.9 Å². The second-order valence-corrected chi connectivity index (χ2v) is 9.04. The molecule has 2 aromatic rings. The molecule has 32 heavy (non-hydrogen) atoms. The van der Waals surface area contributed by atoms with Crippen LogP contribution in [-0.2, 0) is 9.59 Å². The number of Topliss-reactive ketones (excluding diaryl/α,β-unsaturated/α-hetero) is 1. The number of ketones is 1. The molecular formula is C26H31N3O3. The van der Waals surface area contributed by atoms with E-state index in [4.69, 9.17) is 5.73 Å². The van der Waals surface area contributed by atoms with Gasteiger partial charge in [-0.1, -0.05) is 49.6 Å². The van der Waals surface area contributed by atoms with E-state index in [-0.39, 0.29) is 36.6 Å². The molecule has 0 aromatic heterocycles. The monoisotopic (exact) mass is 433 g/mol. The smallest absolute Gasteiger partial charge is 0.246 e. The zero-order valence-corrected chi connectivity index (χ0v) is 18.8. The number of hydrogen-bond donors (Lipinski definition) is 1. The summed E-state index contributed by atoms with van der Waals surface area (Å²) < 4.78 is 0. The van der Waals surface area contributed by atoms with Gasteiger partial charge in [-0.25, -0.2) is 0 Å². The highest BCUT2D eigenvalue weighted by Gasteiger charge is 2.37. The first kappa shape index (κ1) is 22.2. The second kappa shape index (κ2) is 9.25. The number of nitrogens with two attached hydrogens (primary N) is 1. The highest BCUT2D eigenvalue weighted by Crippen LogP contribution is 2.36. The SMILES string of the molecule is Cc1ccc2c(c1)N(CC(=O)c1ccccc1C)C(=O)C(N)CN2C(=O)C1CCCCC1. The van der Waals surface area contributed by atoms with E-state index in [2.05, 4.69) is 0 Å². The molecule has 0 radical (unpaired) electrons. The largest absolute Gasteiger partial charge is 0.318 e. The Bertz CT molecular complexity index is 1040. The van der Waals surface area contributed by atoms with Crippen molar-refractivity contribution in [2.45, 2.75) is 52.0 Å². The van der Waals surface area contributed by atoms with Gasteiger partial charge in [0.25, 0.3) is 0 Å². The number of anilines is 2. The number of aryl methyl sites for hydroxylation is 2. The Labute approximate surface area is 189 Å². The molecule has 0 spiro atoms. The summed E-state index contributed by atoms with van der Waals surface area (Å²) in [5, 5.41) is 0. The van der Waals surface area contributed by atoms with Crippen molar-refractivity contribution < 1.29 is 14.4 Å². The quantitative estimate of drug-likeness (QED) is 0.744. The van der Waals surface area contributed by atoms with E-state index in [1.165, 1.54) is 4.90 Å². The van der Waals surface area contributed by atoms with Gasteiger partial charge in [-0.15, -0.1) is 0 Å². The lowest BCUT2D eigenvalue weighted by Crippen LogP contribution is -2.50. The maximum Gasteiger partial charge on any atom is 0.246 e. The molecule has 4 rings (SSSR count). The minimum atomic E-state index is -0.889. The summed E-state index contributed by atoms with van der Waals surface area (Å²) in [5.74, 6) is -0.494. The Kier molecular flexibility index (Phi) is 6.42. The fourth-order valence-corrected chi connectivity index (χ4v) is 4.83. The number of amides is 2. The van der Waals surface area contributed by atoms with Crippen LogP contribution in [0, 0.1) is 19.8 Å². The molecule has 1 unspecified atom stereocenters. The normalized spacial score (nSPS) is 19.5. The molecule has 2 aliphatic rings. The summed E-state index contributed by atoms with van der Waals surface area (Å²) in [5.41, 5.74) is 9.93. The second-order valence-electron chi connectivity index (χ2n) is 9.04. The molecular weight excluding hydrogens is 402 g/mol. The van der Waals surface area contributed by atoms with Crippen LogP contribution in [0.1, 0.15) is 53.6 Å². The molecule has 2 aromatic carbocycles. The van der Waals surface area contributed by atoms with Crippen LogP contribution >= 0.6 is 0 Å². The molecule has 168 valence electrons. The summed E-state index contributed by atoms with van der Waals surface area (Å²) in [6, 6.07) is 12.1. The van der Waals surface area contributed by atoms with Gasteiger partial charge in [0.15, 0.2) is 5.78 Å². The van der Waals surface area contributed by atoms with Crippen LogP contribution < -0.4 is 15.5 Å². The number of carbonyl (C=O) groups is 3. The van der Waals surface area contributed by atoms with Gasteiger partial charge < -0.3 is 15.5 Å².